The first-order valence-corrected chi connectivity index (χ1v) is 15.2. The first kappa shape index (κ1) is 29.6. The van der Waals surface area contributed by atoms with Crippen LogP contribution >= 0.6 is 0 Å². The molecular weight excluding hydrogens is 514 g/mol. The first-order valence-electron chi connectivity index (χ1n) is 15.2. The fourth-order valence-electron chi connectivity index (χ4n) is 5.95. The second-order valence-corrected chi connectivity index (χ2v) is 13.6. The monoisotopic (exact) mass is 559 g/mol. The Labute approximate surface area is 252 Å². The molecule has 0 aliphatic carbocycles. The van der Waals surface area contributed by atoms with E-state index in [1.807, 2.05) is 60.7 Å². The Kier molecular flexibility index (Phi) is 8.56. The van der Waals surface area contributed by atoms with E-state index in [0.29, 0.717) is 0 Å². The summed E-state index contributed by atoms with van der Waals surface area (Å²) in [6, 6.07) is 38.1. The molecule has 2 N–H and O–H groups in total. The van der Waals surface area contributed by atoms with Crippen LogP contribution in [0.15, 0.2) is 109 Å². The summed E-state index contributed by atoms with van der Waals surface area (Å²) in [7, 11) is 0. The predicted octanol–water partition coefficient (Wildman–Crippen LogP) is 8.69. The van der Waals surface area contributed by atoms with Gasteiger partial charge in [-0.25, -0.2) is 4.79 Å². The second kappa shape index (κ2) is 12.1. The molecular formula is C38H45N3O. The van der Waals surface area contributed by atoms with Gasteiger partial charge in [0.15, 0.2) is 0 Å². The van der Waals surface area contributed by atoms with Crippen LogP contribution in [0.5, 0.6) is 0 Å². The number of rotatable bonds is 6. The van der Waals surface area contributed by atoms with Crippen LogP contribution in [-0.2, 0) is 10.8 Å². The van der Waals surface area contributed by atoms with Gasteiger partial charge >= 0.3 is 6.03 Å². The van der Waals surface area contributed by atoms with Gasteiger partial charge in [0.05, 0.1) is 11.4 Å². The molecule has 1 aliphatic rings. The van der Waals surface area contributed by atoms with Gasteiger partial charge in [-0.15, -0.1) is 0 Å². The summed E-state index contributed by atoms with van der Waals surface area (Å²) in [5, 5.41) is 7.13. The van der Waals surface area contributed by atoms with E-state index in [0.717, 1.165) is 24.3 Å². The number of hydrogen-bond acceptors (Lipinski definition) is 2. The Morgan fingerprint density at radius 2 is 1.12 bits per heavy atom. The molecule has 0 bridgehead atoms. The molecule has 5 rings (SSSR count). The van der Waals surface area contributed by atoms with Crippen LogP contribution in [0.2, 0.25) is 0 Å². The normalized spacial score (nSPS) is 17.3. The quantitative estimate of drug-likeness (QED) is 0.248. The largest absolute Gasteiger partial charge is 0.333 e. The average Bonchev–Trinajstić information content (AvgIpc) is 3.42. The molecule has 4 aromatic carbocycles. The highest BCUT2D eigenvalue weighted by Gasteiger charge is 2.34. The third-order valence-electron chi connectivity index (χ3n) is 8.40. The fourth-order valence-corrected chi connectivity index (χ4v) is 5.95. The van der Waals surface area contributed by atoms with Crippen molar-refractivity contribution in [3.8, 4) is 0 Å². The standard InChI is InChI=1S/C38H45N3O/c1-37(2,3)29-21-17-27(18-22-29)35(28-19-23-30(24-20-28)38(4,5)6)34-25-31(26-39-34)40-36(42)41(32-13-9-7-10-14-32)33-15-11-8-12-16-33/h7-24,31,34-35,39H,25-26H2,1-6H3,(H,40,42)/t31-,34-/m1/s1. The van der Waals surface area contributed by atoms with Crippen LogP contribution in [0, 0.1) is 0 Å². The zero-order valence-corrected chi connectivity index (χ0v) is 25.9. The summed E-state index contributed by atoms with van der Waals surface area (Å²) in [5.41, 5.74) is 7.16. The minimum Gasteiger partial charge on any atom is -0.333 e. The maximum Gasteiger partial charge on any atom is 0.326 e. The van der Waals surface area contributed by atoms with Gasteiger partial charge < -0.3 is 10.6 Å². The molecule has 1 saturated heterocycles. The molecule has 4 heteroatoms. The van der Waals surface area contributed by atoms with E-state index in [1.54, 1.807) is 4.90 Å². The van der Waals surface area contributed by atoms with Gasteiger partial charge in [-0.1, -0.05) is 126 Å². The lowest BCUT2D eigenvalue weighted by atomic mass is 9.80. The van der Waals surface area contributed by atoms with Crippen LogP contribution in [-0.4, -0.2) is 24.7 Å². The van der Waals surface area contributed by atoms with E-state index in [4.69, 9.17) is 0 Å². The summed E-state index contributed by atoms with van der Waals surface area (Å²) < 4.78 is 0. The third-order valence-corrected chi connectivity index (χ3v) is 8.40. The van der Waals surface area contributed by atoms with Gasteiger partial charge in [0.25, 0.3) is 0 Å². The van der Waals surface area contributed by atoms with E-state index in [9.17, 15) is 4.79 Å². The summed E-state index contributed by atoms with van der Waals surface area (Å²) in [6.07, 6.45) is 0.843. The van der Waals surface area contributed by atoms with Gasteiger partial charge in [-0.3, -0.25) is 4.90 Å². The molecule has 42 heavy (non-hydrogen) atoms. The number of carbonyl (C=O) groups excluding carboxylic acids is 1. The van der Waals surface area contributed by atoms with Gasteiger partial charge in [-0.2, -0.15) is 0 Å². The van der Waals surface area contributed by atoms with Gasteiger partial charge in [0.2, 0.25) is 0 Å². The molecule has 0 unspecified atom stereocenters. The van der Waals surface area contributed by atoms with Crippen LogP contribution in [0.3, 0.4) is 0 Å². The van der Waals surface area contributed by atoms with Crippen LogP contribution in [0.4, 0.5) is 16.2 Å². The highest BCUT2D eigenvalue weighted by molar-refractivity contribution is 5.99. The lowest BCUT2D eigenvalue weighted by molar-refractivity contribution is 0.245. The highest BCUT2D eigenvalue weighted by atomic mass is 16.2. The van der Waals surface area contributed by atoms with Crippen molar-refractivity contribution in [2.24, 2.45) is 0 Å². The van der Waals surface area contributed by atoms with Crippen molar-refractivity contribution >= 4 is 17.4 Å². The molecule has 1 aliphatic heterocycles. The van der Waals surface area contributed by atoms with Crippen LogP contribution in [0.1, 0.15) is 76.1 Å². The smallest absolute Gasteiger partial charge is 0.326 e. The Morgan fingerprint density at radius 1 is 0.690 bits per heavy atom. The Bertz CT molecular complexity index is 1350. The van der Waals surface area contributed by atoms with Crippen molar-refractivity contribution < 1.29 is 4.79 Å². The van der Waals surface area contributed by atoms with Crippen molar-refractivity contribution in [3.05, 3.63) is 131 Å². The second-order valence-electron chi connectivity index (χ2n) is 13.6. The number of carbonyl (C=O) groups is 1. The number of nitrogens with zero attached hydrogens (tertiary/aromatic N) is 1. The number of urea groups is 1. The lowest BCUT2D eigenvalue weighted by Gasteiger charge is -2.28. The Hall–Kier alpha value is -3.89. The van der Waals surface area contributed by atoms with Crippen molar-refractivity contribution in [1.29, 1.82) is 0 Å². The zero-order chi connectivity index (χ0) is 29.9. The maximum absolute atomic E-state index is 13.8. The molecule has 2 amide bonds. The van der Waals surface area contributed by atoms with Crippen molar-refractivity contribution in [1.82, 2.24) is 10.6 Å². The van der Waals surface area contributed by atoms with Crippen molar-refractivity contribution in [2.45, 2.75) is 76.8 Å². The Morgan fingerprint density at radius 3 is 1.52 bits per heavy atom. The number of anilines is 2. The van der Waals surface area contributed by atoms with E-state index < -0.39 is 0 Å². The summed E-state index contributed by atoms with van der Waals surface area (Å²) in [5.74, 6) is 0.175. The van der Waals surface area contributed by atoms with E-state index in [-0.39, 0.29) is 34.9 Å². The molecule has 2 atom stereocenters. The fraction of sp³-hybridized carbons (Fsp3) is 0.342. The summed E-state index contributed by atoms with van der Waals surface area (Å²) >= 11 is 0. The van der Waals surface area contributed by atoms with Gasteiger partial charge in [-0.05, 0) is 63.8 Å². The maximum atomic E-state index is 13.8. The SMILES string of the molecule is CC(C)(C)c1ccc(C(c2ccc(C(C)(C)C)cc2)[C@H]2C[C@@H](NC(=O)N(c3ccccc3)c3ccccc3)CN2)cc1. The highest BCUT2D eigenvalue weighted by Crippen LogP contribution is 2.35. The molecule has 0 aromatic heterocycles. The van der Waals surface area contributed by atoms with Crippen molar-refractivity contribution in [2.75, 3.05) is 11.4 Å². The van der Waals surface area contributed by atoms with Crippen molar-refractivity contribution in [3.63, 3.8) is 0 Å². The molecule has 218 valence electrons. The molecule has 4 aromatic rings. The molecule has 0 saturated carbocycles. The molecule has 0 spiro atoms. The lowest BCUT2D eigenvalue weighted by Crippen LogP contribution is -2.43. The predicted molar refractivity (Wildman–Crippen MR) is 176 cm³/mol. The molecule has 1 fully saturated rings. The van der Waals surface area contributed by atoms with Gasteiger partial charge in [0.1, 0.15) is 0 Å². The van der Waals surface area contributed by atoms with E-state index >= 15 is 0 Å². The minimum atomic E-state index is -0.111. The van der Waals surface area contributed by atoms with E-state index in [1.165, 1.54) is 22.3 Å². The zero-order valence-electron chi connectivity index (χ0n) is 25.9. The topological polar surface area (TPSA) is 44.4 Å². The average molecular weight is 560 g/mol. The number of nitrogens with one attached hydrogen (secondary N) is 2. The molecule has 4 nitrogen and oxygen atoms in total. The summed E-state index contributed by atoms with van der Waals surface area (Å²) in [6.45, 7) is 14.3. The first-order chi connectivity index (χ1) is 20.0. The number of hydrogen-bond donors (Lipinski definition) is 2. The molecule has 1 heterocycles. The minimum absolute atomic E-state index is 0.0163. The van der Waals surface area contributed by atoms with E-state index in [2.05, 4.69) is 101 Å². The Balaban J connectivity index is 1.40. The molecule has 0 radical (unpaired) electrons. The number of benzene rings is 4. The van der Waals surface area contributed by atoms with Crippen LogP contribution in [0.25, 0.3) is 0 Å². The van der Waals surface area contributed by atoms with Gasteiger partial charge in [0, 0.05) is 24.5 Å². The third kappa shape index (κ3) is 6.77. The number of para-hydroxylation sites is 2. The van der Waals surface area contributed by atoms with Crippen LogP contribution < -0.4 is 15.5 Å². The number of amides is 2. The summed E-state index contributed by atoms with van der Waals surface area (Å²) in [4.78, 5) is 15.5.